The van der Waals surface area contributed by atoms with Crippen LogP contribution in [0.1, 0.15) is 28.4 Å². The van der Waals surface area contributed by atoms with Gasteiger partial charge in [-0.05, 0) is 50.1 Å². The summed E-state index contributed by atoms with van der Waals surface area (Å²) in [6, 6.07) is 10.7. The van der Waals surface area contributed by atoms with Crippen LogP contribution in [0.2, 0.25) is 0 Å². The third-order valence-electron chi connectivity index (χ3n) is 3.94. The van der Waals surface area contributed by atoms with Crippen LogP contribution in [-0.4, -0.2) is 32.2 Å². The van der Waals surface area contributed by atoms with Crippen molar-refractivity contribution in [2.45, 2.75) is 26.9 Å². The summed E-state index contributed by atoms with van der Waals surface area (Å²) in [6.07, 6.45) is -0.989. The first-order valence-corrected chi connectivity index (χ1v) is 8.17. The van der Waals surface area contributed by atoms with Gasteiger partial charge >= 0.3 is 5.97 Å². The molecule has 1 N–H and O–H groups in total. The standard InChI is InChI=1S/C20H23NO5/c1-12-9-10-13(2)15(11-12)21-19(22)14(3)26-20(23)18-16(24-4)7-6-8-17(18)25-5/h6-11,14H,1-5H3,(H,21,22)/t14-/m0/s1. The molecular weight excluding hydrogens is 334 g/mol. The molecule has 0 spiro atoms. The van der Waals surface area contributed by atoms with Crippen LogP contribution >= 0.6 is 0 Å². The van der Waals surface area contributed by atoms with Gasteiger partial charge in [-0.25, -0.2) is 4.79 Å². The molecule has 0 fully saturated rings. The first-order valence-electron chi connectivity index (χ1n) is 8.17. The van der Waals surface area contributed by atoms with Gasteiger partial charge < -0.3 is 19.5 Å². The van der Waals surface area contributed by atoms with E-state index in [1.54, 1.807) is 18.2 Å². The van der Waals surface area contributed by atoms with Gasteiger partial charge in [-0.15, -0.1) is 0 Å². The number of amides is 1. The van der Waals surface area contributed by atoms with Gasteiger partial charge in [0.05, 0.1) is 14.2 Å². The third-order valence-corrected chi connectivity index (χ3v) is 3.94. The number of rotatable bonds is 6. The second-order valence-corrected chi connectivity index (χ2v) is 5.89. The Labute approximate surface area is 153 Å². The lowest BCUT2D eigenvalue weighted by Crippen LogP contribution is -2.30. The number of hydrogen-bond donors (Lipinski definition) is 1. The van der Waals surface area contributed by atoms with Crippen LogP contribution in [0.25, 0.3) is 0 Å². The van der Waals surface area contributed by atoms with Crippen molar-refractivity contribution in [2.24, 2.45) is 0 Å². The van der Waals surface area contributed by atoms with E-state index in [1.165, 1.54) is 21.1 Å². The molecule has 1 amide bonds. The minimum atomic E-state index is -0.989. The average molecular weight is 357 g/mol. The molecule has 6 heteroatoms. The maximum absolute atomic E-state index is 12.5. The molecule has 0 heterocycles. The normalized spacial score (nSPS) is 11.4. The fraction of sp³-hybridized carbons (Fsp3) is 0.300. The van der Waals surface area contributed by atoms with Crippen LogP contribution in [0.4, 0.5) is 5.69 Å². The SMILES string of the molecule is COc1cccc(OC)c1C(=O)O[C@@H](C)C(=O)Nc1cc(C)ccc1C. The molecule has 6 nitrogen and oxygen atoms in total. The molecule has 2 aromatic rings. The highest BCUT2D eigenvalue weighted by molar-refractivity contribution is 6.00. The first kappa shape index (κ1) is 19.3. The Morgan fingerprint density at radius 1 is 1.00 bits per heavy atom. The van der Waals surface area contributed by atoms with E-state index in [0.717, 1.165) is 11.1 Å². The fourth-order valence-electron chi connectivity index (χ4n) is 2.43. The summed E-state index contributed by atoms with van der Waals surface area (Å²) in [5, 5.41) is 2.79. The van der Waals surface area contributed by atoms with E-state index < -0.39 is 18.0 Å². The van der Waals surface area contributed by atoms with Gasteiger partial charge in [-0.1, -0.05) is 18.2 Å². The van der Waals surface area contributed by atoms with Gasteiger partial charge in [-0.3, -0.25) is 4.79 Å². The smallest absolute Gasteiger partial charge is 0.346 e. The van der Waals surface area contributed by atoms with Gasteiger partial charge in [-0.2, -0.15) is 0 Å². The molecule has 0 aliphatic carbocycles. The Balaban J connectivity index is 2.14. The summed E-state index contributed by atoms with van der Waals surface area (Å²) >= 11 is 0. The molecule has 0 unspecified atom stereocenters. The monoisotopic (exact) mass is 357 g/mol. The van der Waals surface area contributed by atoms with Crippen LogP contribution in [0.15, 0.2) is 36.4 Å². The largest absolute Gasteiger partial charge is 0.496 e. The molecule has 2 rings (SSSR count). The number of anilines is 1. The van der Waals surface area contributed by atoms with E-state index in [-0.39, 0.29) is 5.56 Å². The van der Waals surface area contributed by atoms with Crippen LogP contribution in [0, 0.1) is 13.8 Å². The number of aryl methyl sites for hydroxylation is 2. The molecule has 0 saturated heterocycles. The number of nitrogens with one attached hydrogen (secondary N) is 1. The van der Waals surface area contributed by atoms with Gasteiger partial charge in [0, 0.05) is 5.69 Å². The topological polar surface area (TPSA) is 73.9 Å². The minimum absolute atomic E-state index is 0.142. The van der Waals surface area contributed by atoms with Crippen molar-refractivity contribution >= 4 is 17.6 Å². The van der Waals surface area contributed by atoms with Gasteiger partial charge in [0.2, 0.25) is 0 Å². The predicted octanol–water partition coefficient (Wildman–Crippen LogP) is 3.50. The van der Waals surface area contributed by atoms with Crippen LogP contribution in [0.5, 0.6) is 11.5 Å². The van der Waals surface area contributed by atoms with E-state index in [4.69, 9.17) is 14.2 Å². The number of carbonyl (C=O) groups excluding carboxylic acids is 2. The Hall–Kier alpha value is -3.02. The van der Waals surface area contributed by atoms with E-state index in [1.807, 2.05) is 32.0 Å². The van der Waals surface area contributed by atoms with Crippen LogP contribution < -0.4 is 14.8 Å². The van der Waals surface area contributed by atoms with Crippen molar-refractivity contribution in [1.82, 2.24) is 0 Å². The van der Waals surface area contributed by atoms with E-state index in [2.05, 4.69) is 5.32 Å². The number of esters is 1. The molecule has 0 radical (unpaired) electrons. The highest BCUT2D eigenvalue weighted by Crippen LogP contribution is 2.29. The lowest BCUT2D eigenvalue weighted by atomic mass is 10.1. The van der Waals surface area contributed by atoms with Crippen molar-refractivity contribution < 1.29 is 23.8 Å². The zero-order valence-electron chi connectivity index (χ0n) is 15.6. The minimum Gasteiger partial charge on any atom is -0.496 e. The summed E-state index contributed by atoms with van der Waals surface area (Å²) < 4.78 is 15.7. The van der Waals surface area contributed by atoms with Crippen LogP contribution in [0.3, 0.4) is 0 Å². The second kappa shape index (κ2) is 8.38. The van der Waals surface area contributed by atoms with Gasteiger partial charge in [0.1, 0.15) is 17.1 Å². The molecule has 26 heavy (non-hydrogen) atoms. The molecule has 1 atom stereocenters. The highest BCUT2D eigenvalue weighted by Gasteiger charge is 2.25. The average Bonchev–Trinajstić information content (AvgIpc) is 2.63. The van der Waals surface area contributed by atoms with E-state index in [9.17, 15) is 9.59 Å². The summed E-state index contributed by atoms with van der Waals surface area (Å²) in [5.74, 6) is -0.475. The number of ether oxygens (including phenoxy) is 3. The zero-order chi connectivity index (χ0) is 19.3. The first-order chi connectivity index (χ1) is 12.4. The molecule has 0 saturated carbocycles. The summed E-state index contributed by atoms with van der Waals surface area (Å²) in [5.41, 5.74) is 2.78. The van der Waals surface area contributed by atoms with Crippen molar-refractivity contribution in [2.75, 3.05) is 19.5 Å². The maximum atomic E-state index is 12.5. The molecule has 0 aliphatic rings. The van der Waals surface area contributed by atoms with Crippen molar-refractivity contribution in [3.8, 4) is 11.5 Å². The molecule has 0 bridgehead atoms. The second-order valence-electron chi connectivity index (χ2n) is 5.89. The predicted molar refractivity (Wildman–Crippen MR) is 99.0 cm³/mol. The van der Waals surface area contributed by atoms with E-state index in [0.29, 0.717) is 17.2 Å². The van der Waals surface area contributed by atoms with Crippen molar-refractivity contribution in [3.63, 3.8) is 0 Å². The highest BCUT2D eigenvalue weighted by atomic mass is 16.6. The number of carbonyl (C=O) groups is 2. The van der Waals surface area contributed by atoms with Gasteiger partial charge in [0.25, 0.3) is 5.91 Å². The van der Waals surface area contributed by atoms with Crippen molar-refractivity contribution in [1.29, 1.82) is 0 Å². The van der Waals surface area contributed by atoms with Crippen LogP contribution in [-0.2, 0) is 9.53 Å². The number of hydrogen-bond acceptors (Lipinski definition) is 5. The molecular formula is C20H23NO5. The maximum Gasteiger partial charge on any atom is 0.346 e. The molecule has 138 valence electrons. The summed E-state index contributed by atoms with van der Waals surface area (Å²) in [7, 11) is 2.89. The quantitative estimate of drug-likeness (QED) is 0.801. The summed E-state index contributed by atoms with van der Waals surface area (Å²) in [4.78, 5) is 24.9. The third kappa shape index (κ3) is 4.33. The van der Waals surface area contributed by atoms with Gasteiger partial charge in [0.15, 0.2) is 6.10 Å². The fourth-order valence-corrected chi connectivity index (χ4v) is 2.43. The van der Waals surface area contributed by atoms with E-state index >= 15 is 0 Å². The molecule has 0 aromatic heterocycles. The Morgan fingerprint density at radius 2 is 1.62 bits per heavy atom. The lowest BCUT2D eigenvalue weighted by Gasteiger charge is -2.17. The Bertz CT molecular complexity index is 794. The van der Waals surface area contributed by atoms with Crippen molar-refractivity contribution in [3.05, 3.63) is 53.1 Å². The Kier molecular flexibility index (Phi) is 6.22. The number of benzene rings is 2. The Morgan fingerprint density at radius 3 is 2.19 bits per heavy atom. The lowest BCUT2D eigenvalue weighted by molar-refractivity contribution is -0.123. The molecule has 2 aromatic carbocycles. The molecule has 0 aliphatic heterocycles. The number of methoxy groups -OCH3 is 2. The summed E-state index contributed by atoms with van der Waals surface area (Å²) in [6.45, 7) is 5.35. The zero-order valence-corrected chi connectivity index (χ0v) is 15.6.